The number of morpholine rings is 1. The Balaban J connectivity index is 1.72. The molecule has 2 heterocycles. The summed E-state index contributed by atoms with van der Waals surface area (Å²) in [5, 5.41) is 5.81. The van der Waals surface area contributed by atoms with Gasteiger partial charge in [-0.05, 0) is 6.07 Å². The average Bonchev–Trinajstić information content (AvgIpc) is 2.92. The molecule has 0 atom stereocenters. The molecule has 7 nitrogen and oxygen atoms in total. The lowest BCUT2D eigenvalue weighted by Crippen LogP contribution is -2.49. The maximum Gasteiger partial charge on any atom is 0.333 e. The van der Waals surface area contributed by atoms with E-state index < -0.39 is 0 Å². The summed E-state index contributed by atoms with van der Waals surface area (Å²) in [4.78, 5) is 12.2. The van der Waals surface area contributed by atoms with E-state index in [0.29, 0.717) is 32.9 Å². The zero-order valence-corrected chi connectivity index (χ0v) is 13.2. The number of fused-ring (bicyclic) bond motifs is 1. The normalized spacial score (nSPS) is 15.7. The van der Waals surface area contributed by atoms with Crippen molar-refractivity contribution in [3.63, 3.8) is 0 Å². The van der Waals surface area contributed by atoms with Gasteiger partial charge in [-0.3, -0.25) is 5.43 Å². The van der Waals surface area contributed by atoms with Crippen LogP contribution in [0.2, 0.25) is 0 Å². The van der Waals surface area contributed by atoms with E-state index in [9.17, 15) is 4.79 Å². The molecule has 0 saturated carbocycles. The Labute approximate surface area is 135 Å². The highest BCUT2D eigenvalue weighted by molar-refractivity contribution is 6.01. The Morgan fingerprint density at radius 3 is 2.87 bits per heavy atom. The zero-order chi connectivity index (χ0) is 16.1. The van der Waals surface area contributed by atoms with Crippen LogP contribution in [-0.2, 0) is 16.0 Å². The van der Waals surface area contributed by atoms with Crippen LogP contribution < -0.4 is 10.7 Å². The molecule has 0 bridgehead atoms. The largest absolute Gasteiger partial charge is 0.383 e. The number of methoxy groups -OCH3 is 1. The van der Waals surface area contributed by atoms with Gasteiger partial charge in [0.1, 0.15) is 0 Å². The maximum atomic E-state index is 12.2. The van der Waals surface area contributed by atoms with E-state index in [4.69, 9.17) is 9.47 Å². The number of hydrogen-bond acceptors (Lipinski definition) is 4. The maximum absolute atomic E-state index is 12.2. The minimum Gasteiger partial charge on any atom is -0.383 e. The summed E-state index contributed by atoms with van der Waals surface area (Å²) in [6, 6.07) is 7.76. The second kappa shape index (κ2) is 7.45. The number of anilines is 1. The molecule has 2 N–H and O–H groups in total. The first-order valence-corrected chi connectivity index (χ1v) is 7.75. The molecule has 0 radical (unpaired) electrons. The molecule has 1 aliphatic rings. The molecular formula is C16H22N4O3. The number of nitrogens with zero attached hydrogens (tertiary/aromatic N) is 2. The molecule has 0 unspecified atom stereocenters. The topological polar surface area (TPSA) is 67.8 Å². The molecule has 1 saturated heterocycles. The SMILES string of the molecule is COCCn1cc(NC(=O)NN2CCOCC2)c2ccccc21. The minimum atomic E-state index is -0.235. The highest BCUT2D eigenvalue weighted by Crippen LogP contribution is 2.25. The molecule has 1 fully saturated rings. The monoisotopic (exact) mass is 318 g/mol. The van der Waals surface area contributed by atoms with Gasteiger partial charge >= 0.3 is 6.03 Å². The molecule has 23 heavy (non-hydrogen) atoms. The van der Waals surface area contributed by atoms with Crippen LogP contribution in [0, 0.1) is 0 Å². The lowest BCUT2D eigenvalue weighted by atomic mass is 10.2. The first-order chi connectivity index (χ1) is 11.3. The fourth-order valence-corrected chi connectivity index (χ4v) is 2.69. The first-order valence-electron chi connectivity index (χ1n) is 7.75. The lowest BCUT2D eigenvalue weighted by Gasteiger charge is -2.26. The van der Waals surface area contributed by atoms with Crippen molar-refractivity contribution < 1.29 is 14.3 Å². The predicted octanol–water partition coefficient (Wildman–Crippen LogP) is 1.66. The quantitative estimate of drug-likeness (QED) is 0.880. The third-order valence-corrected chi connectivity index (χ3v) is 3.84. The number of rotatable bonds is 5. The predicted molar refractivity (Wildman–Crippen MR) is 88.4 cm³/mol. The Hall–Kier alpha value is -2.09. The summed E-state index contributed by atoms with van der Waals surface area (Å²) in [6.45, 7) is 4.03. The van der Waals surface area contributed by atoms with Gasteiger partial charge in [0.15, 0.2) is 0 Å². The van der Waals surface area contributed by atoms with E-state index in [0.717, 1.165) is 23.1 Å². The van der Waals surface area contributed by atoms with Gasteiger partial charge in [-0.1, -0.05) is 18.2 Å². The number of carbonyl (C=O) groups excluding carboxylic acids is 1. The molecule has 124 valence electrons. The Bertz CT molecular complexity index is 664. The molecule has 2 amide bonds. The van der Waals surface area contributed by atoms with Gasteiger partial charge in [0.05, 0.1) is 31.0 Å². The van der Waals surface area contributed by atoms with Crippen molar-refractivity contribution in [2.75, 3.05) is 45.3 Å². The standard InChI is InChI=1S/C16H22N4O3/c1-22-9-6-19-12-14(13-4-2-3-5-15(13)19)17-16(21)18-20-7-10-23-11-8-20/h2-5,12H,6-11H2,1H3,(H2,17,18,21). The van der Waals surface area contributed by atoms with Crippen molar-refractivity contribution in [1.29, 1.82) is 0 Å². The number of urea groups is 1. The zero-order valence-electron chi connectivity index (χ0n) is 13.2. The number of benzene rings is 1. The molecular weight excluding hydrogens is 296 g/mol. The van der Waals surface area contributed by atoms with E-state index in [1.807, 2.05) is 35.5 Å². The van der Waals surface area contributed by atoms with Crippen molar-refractivity contribution in [2.24, 2.45) is 0 Å². The van der Waals surface area contributed by atoms with Crippen LogP contribution in [0.1, 0.15) is 0 Å². The van der Waals surface area contributed by atoms with Crippen LogP contribution in [0.5, 0.6) is 0 Å². The van der Waals surface area contributed by atoms with E-state index in [1.54, 1.807) is 7.11 Å². The summed E-state index contributed by atoms with van der Waals surface area (Å²) >= 11 is 0. The van der Waals surface area contributed by atoms with E-state index in [1.165, 1.54) is 0 Å². The number of carbonyl (C=O) groups is 1. The van der Waals surface area contributed by atoms with Crippen LogP contribution in [0.25, 0.3) is 10.9 Å². The van der Waals surface area contributed by atoms with Crippen LogP contribution in [0.4, 0.5) is 10.5 Å². The number of para-hydroxylation sites is 1. The van der Waals surface area contributed by atoms with Gasteiger partial charge in [-0.15, -0.1) is 0 Å². The molecule has 1 aromatic heterocycles. The van der Waals surface area contributed by atoms with Crippen LogP contribution >= 0.6 is 0 Å². The van der Waals surface area contributed by atoms with Crippen LogP contribution in [-0.4, -0.2) is 55.6 Å². The van der Waals surface area contributed by atoms with Crippen molar-refractivity contribution in [2.45, 2.75) is 6.54 Å². The first kappa shape index (κ1) is 15.8. The summed E-state index contributed by atoms with van der Waals surface area (Å²) < 4.78 is 12.5. The van der Waals surface area contributed by atoms with Gasteiger partial charge in [-0.2, -0.15) is 0 Å². The molecule has 0 aliphatic carbocycles. The minimum absolute atomic E-state index is 0.235. The second-order valence-electron chi connectivity index (χ2n) is 5.41. The van der Waals surface area contributed by atoms with Crippen LogP contribution in [0.15, 0.2) is 30.5 Å². The van der Waals surface area contributed by atoms with Crippen molar-refractivity contribution in [1.82, 2.24) is 15.0 Å². The summed E-state index contributed by atoms with van der Waals surface area (Å²) in [7, 11) is 1.68. The summed E-state index contributed by atoms with van der Waals surface area (Å²) in [5.74, 6) is 0. The number of aromatic nitrogens is 1. The molecule has 0 spiro atoms. The Morgan fingerprint density at radius 2 is 2.09 bits per heavy atom. The molecule has 3 rings (SSSR count). The summed E-state index contributed by atoms with van der Waals surface area (Å²) in [5.41, 5.74) is 4.72. The van der Waals surface area contributed by atoms with Crippen LogP contribution in [0.3, 0.4) is 0 Å². The Kier molecular flexibility index (Phi) is 5.12. The third kappa shape index (κ3) is 3.82. The summed E-state index contributed by atoms with van der Waals surface area (Å²) in [6.07, 6.45) is 1.95. The van der Waals surface area contributed by atoms with E-state index in [2.05, 4.69) is 15.3 Å². The fourth-order valence-electron chi connectivity index (χ4n) is 2.69. The van der Waals surface area contributed by atoms with E-state index in [-0.39, 0.29) is 6.03 Å². The second-order valence-corrected chi connectivity index (χ2v) is 5.41. The molecule has 7 heteroatoms. The number of amides is 2. The van der Waals surface area contributed by atoms with Gasteiger partial charge in [0.25, 0.3) is 0 Å². The van der Waals surface area contributed by atoms with Crippen molar-refractivity contribution in [3.8, 4) is 0 Å². The number of hydrogen-bond donors (Lipinski definition) is 2. The van der Waals surface area contributed by atoms with Crippen molar-refractivity contribution >= 4 is 22.6 Å². The fraction of sp³-hybridized carbons (Fsp3) is 0.438. The highest BCUT2D eigenvalue weighted by atomic mass is 16.5. The lowest BCUT2D eigenvalue weighted by molar-refractivity contribution is 0.0207. The molecule has 1 aliphatic heterocycles. The number of nitrogens with one attached hydrogen (secondary N) is 2. The molecule has 2 aromatic rings. The van der Waals surface area contributed by atoms with Gasteiger partial charge < -0.3 is 19.4 Å². The van der Waals surface area contributed by atoms with Crippen molar-refractivity contribution in [3.05, 3.63) is 30.5 Å². The van der Waals surface area contributed by atoms with Gasteiger partial charge in [0.2, 0.25) is 0 Å². The smallest absolute Gasteiger partial charge is 0.333 e. The molecule has 1 aromatic carbocycles. The van der Waals surface area contributed by atoms with Gasteiger partial charge in [0, 0.05) is 38.3 Å². The number of ether oxygens (including phenoxy) is 2. The Morgan fingerprint density at radius 1 is 1.30 bits per heavy atom. The van der Waals surface area contributed by atoms with Gasteiger partial charge in [-0.25, -0.2) is 9.80 Å². The van der Waals surface area contributed by atoms with E-state index >= 15 is 0 Å². The third-order valence-electron chi connectivity index (χ3n) is 3.84. The average molecular weight is 318 g/mol. The highest BCUT2D eigenvalue weighted by Gasteiger charge is 2.15. The number of hydrazine groups is 1.